The maximum Gasteiger partial charge on any atom is 0.305 e. The number of rotatable bonds is 7. The lowest BCUT2D eigenvalue weighted by molar-refractivity contribution is -0.137. The molecule has 0 aliphatic heterocycles. The highest BCUT2D eigenvalue weighted by molar-refractivity contribution is 6.04. The van der Waals surface area contributed by atoms with Gasteiger partial charge in [-0.3, -0.25) is 19.0 Å². The van der Waals surface area contributed by atoms with Crippen LogP contribution in [0.1, 0.15) is 39.3 Å². The van der Waals surface area contributed by atoms with E-state index in [0.717, 1.165) is 17.0 Å². The number of hydrogen-bond donors (Lipinski definition) is 2. The Labute approximate surface area is 162 Å². The fourth-order valence-electron chi connectivity index (χ4n) is 2.90. The van der Waals surface area contributed by atoms with Crippen LogP contribution in [0, 0.1) is 20.8 Å². The third-order valence-electron chi connectivity index (χ3n) is 4.52. The molecular formula is C20H23N5O3. The minimum absolute atomic E-state index is 0.0489. The van der Waals surface area contributed by atoms with Crippen LogP contribution in [0.25, 0.3) is 0 Å². The molecule has 2 aromatic heterocycles. The number of carbonyl (C=O) groups excluding carboxylic acids is 1. The van der Waals surface area contributed by atoms with Crippen molar-refractivity contribution in [2.24, 2.45) is 0 Å². The van der Waals surface area contributed by atoms with Gasteiger partial charge in [0.1, 0.15) is 0 Å². The maximum absolute atomic E-state index is 12.6. The van der Waals surface area contributed by atoms with Crippen LogP contribution >= 0.6 is 0 Å². The minimum Gasteiger partial charge on any atom is -0.481 e. The third-order valence-corrected chi connectivity index (χ3v) is 4.52. The first-order valence-electron chi connectivity index (χ1n) is 8.98. The molecule has 0 saturated carbocycles. The molecule has 28 heavy (non-hydrogen) atoms. The first-order valence-corrected chi connectivity index (χ1v) is 8.98. The summed E-state index contributed by atoms with van der Waals surface area (Å²) in [7, 11) is 0. The molecule has 0 saturated heterocycles. The molecule has 0 radical (unpaired) electrons. The third kappa shape index (κ3) is 4.46. The highest BCUT2D eigenvalue weighted by Crippen LogP contribution is 2.21. The molecule has 0 bridgehead atoms. The molecule has 0 spiro atoms. The summed E-state index contributed by atoms with van der Waals surface area (Å²) in [6.07, 6.45) is 2.92. The molecule has 8 heteroatoms. The van der Waals surface area contributed by atoms with Gasteiger partial charge in [-0.1, -0.05) is 29.8 Å². The number of aryl methyl sites for hydroxylation is 3. The van der Waals surface area contributed by atoms with Crippen molar-refractivity contribution in [2.45, 2.75) is 40.3 Å². The monoisotopic (exact) mass is 381 g/mol. The number of carbonyl (C=O) groups is 2. The quantitative estimate of drug-likeness (QED) is 0.655. The van der Waals surface area contributed by atoms with Crippen LogP contribution in [0.5, 0.6) is 0 Å². The van der Waals surface area contributed by atoms with E-state index in [0.29, 0.717) is 17.8 Å². The lowest BCUT2D eigenvalue weighted by Crippen LogP contribution is -2.13. The second kappa shape index (κ2) is 8.08. The predicted octanol–water partition coefficient (Wildman–Crippen LogP) is 2.78. The molecule has 2 N–H and O–H groups in total. The Morgan fingerprint density at radius 3 is 2.54 bits per heavy atom. The summed E-state index contributed by atoms with van der Waals surface area (Å²) in [5.41, 5.74) is 4.98. The molecule has 8 nitrogen and oxygen atoms in total. The second-order valence-electron chi connectivity index (χ2n) is 6.78. The van der Waals surface area contributed by atoms with Gasteiger partial charge in [-0.05, 0) is 26.3 Å². The number of anilines is 1. The van der Waals surface area contributed by atoms with Crippen LogP contribution in [0.4, 0.5) is 5.69 Å². The number of carboxylic acids is 1. The number of hydrogen-bond acceptors (Lipinski definition) is 4. The van der Waals surface area contributed by atoms with Crippen molar-refractivity contribution in [1.29, 1.82) is 0 Å². The van der Waals surface area contributed by atoms with Crippen LogP contribution in [-0.4, -0.2) is 36.5 Å². The first kappa shape index (κ1) is 19.3. The van der Waals surface area contributed by atoms with Crippen molar-refractivity contribution >= 4 is 17.6 Å². The van der Waals surface area contributed by atoms with E-state index in [4.69, 9.17) is 5.11 Å². The summed E-state index contributed by atoms with van der Waals surface area (Å²) < 4.78 is 3.31. The molecule has 1 amide bonds. The van der Waals surface area contributed by atoms with Gasteiger partial charge in [0.2, 0.25) is 0 Å². The van der Waals surface area contributed by atoms with Crippen molar-refractivity contribution in [3.63, 3.8) is 0 Å². The summed E-state index contributed by atoms with van der Waals surface area (Å²) in [6, 6.07) is 8.25. The Bertz CT molecular complexity index is 1000. The molecule has 146 valence electrons. The Hall–Kier alpha value is -3.42. The second-order valence-corrected chi connectivity index (χ2v) is 6.78. The maximum atomic E-state index is 12.6. The lowest BCUT2D eigenvalue weighted by atomic mass is 10.1. The normalized spacial score (nSPS) is 10.8. The summed E-state index contributed by atoms with van der Waals surface area (Å²) in [6.45, 7) is 6.65. The van der Waals surface area contributed by atoms with E-state index >= 15 is 0 Å². The van der Waals surface area contributed by atoms with E-state index in [2.05, 4.69) is 39.8 Å². The number of aromatic nitrogens is 4. The van der Waals surface area contributed by atoms with E-state index in [1.54, 1.807) is 6.20 Å². The average molecular weight is 381 g/mol. The Morgan fingerprint density at radius 1 is 1.14 bits per heavy atom. The van der Waals surface area contributed by atoms with Gasteiger partial charge in [-0.15, -0.1) is 0 Å². The molecule has 0 fully saturated rings. The first-order chi connectivity index (χ1) is 13.3. The lowest BCUT2D eigenvalue weighted by Gasteiger charge is -2.07. The van der Waals surface area contributed by atoms with Gasteiger partial charge < -0.3 is 10.4 Å². The highest BCUT2D eigenvalue weighted by atomic mass is 16.4. The standard InChI is InChI=1S/C20H23N5O3/c1-13-4-6-16(7-5-13)11-25-15(3)19(14(2)23-25)22-20(28)17-10-21-24(12-17)9-8-18(26)27/h4-7,10,12H,8-9,11H2,1-3H3,(H,22,28)(H,26,27). The summed E-state index contributed by atoms with van der Waals surface area (Å²) >= 11 is 0. The topological polar surface area (TPSA) is 102 Å². The number of benzene rings is 1. The van der Waals surface area contributed by atoms with Gasteiger partial charge in [0.05, 0.1) is 48.3 Å². The highest BCUT2D eigenvalue weighted by Gasteiger charge is 2.16. The number of carboxylic acid groups (broad SMARTS) is 1. The Kier molecular flexibility index (Phi) is 5.58. The molecule has 0 unspecified atom stereocenters. The van der Waals surface area contributed by atoms with Crippen LogP contribution < -0.4 is 5.32 Å². The SMILES string of the molecule is Cc1ccc(Cn2nc(C)c(NC(=O)c3cnn(CCC(=O)O)c3)c2C)cc1. The molecule has 3 rings (SSSR count). The molecule has 0 aliphatic carbocycles. The largest absolute Gasteiger partial charge is 0.481 e. The number of aliphatic carboxylic acids is 1. The Morgan fingerprint density at radius 2 is 1.86 bits per heavy atom. The smallest absolute Gasteiger partial charge is 0.305 e. The van der Waals surface area contributed by atoms with E-state index in [1.165, 1.54) is 16.4 Å². The van der Waals surface area contributed by atoms with E-state index in [1.807, 2.05) is 25.5 Å². The van der Waals surface area contributed by atoms with E-state index < -0.39 is 5.97 Å². The zero-order valence-corrected chi connectivity index (χ0v) is 16.1. The zero-order chi connectivity index (χ0) is 20.3. The average Bonchev–Trinajstić information content (AvgIpc) is 3.22. The Balaban J connectivity index is 1.72. The molecule has 2 heterocycles. The number of nitrogens with zero attached hydrogens (tertiary/aromatic N) is 4. The van der Waals surface area contributed by atoms with Crippen LogP contribution in [0.2, 0.25) is 0 Å². The van der Waals surface area contributed by atoms with Crippen LogP contribution in [0.3, 0.4) is 0 Å². The van der Waals surface area contributed by atoms with Crippen molar-refractivity contribution in [3.8, 4) is 0 Å². The van der Waals surface area contributed by atoms with Crippen molar-refractivity contribution in [1.82, 2.24) is 19.6 Å². The van der Waals surface area contributed by atoms with Crippen LogP contribution in [-0.2, 0) is 17.9 Å². The molecule has 1 aromatic carbocycles. The summed E-state index contributed by atoms with van der Waals surface area (Å²) in [4.78, 5) is 23.2. The van der Waals surface area contributed by atoms with Gasteiger partial charge in [0.15, 0.2) is 0 Å². The van der Waals surface area contributed by atoms with Crippen molar-refractivity contribution in [3.05, 3.63) is 64.7 Å². The van der Waals surface area contributed by atoms with Gasteiger partial charge in [-0.25, -0.2) is 0 Å². The van der Waals surface area contributed by atoms with E-state index in [-0.39, 0.29) is 18.9 Å². The zero-order valence-electron chi connectivity index (χ0n) is 16.1. The molecule has 0 aliphatic rings. The number of amides is 1. The number of nitrogens with one attached hydrogen (secondary N) is 1. The summed E-state index contributed by atoms with van der Waals surface area (Å²) in [5.74, 6) is -1.21. The van der Waals surface area contributed by atoms with Gasteiger partial charge >= 0.3 is 5.97 Å². The fourth-order valence-corrected chi connectivity index (χ4v) is 2.90. The van der Waals surface area contributed by atoms with Crippen LogP contribution in [0.15, 0.2) is 36.7 Å². The van der Waals surface area contributed by atoms with Crippen molar-refractivity contribution in [2.75, 3.05) is 5.32 Å². The summed E-state index contributed by atoms with van der Waals surface area (Å²) in [5, 5.41) is 20.2. The molecule has 0 atom stereocenters. The molecule has 3 aromatic rings. The van der Waals surface area contributed by atoms with E-state index in [9.17, 15) is 9.59 Å². The van der Waals surface area contributed by atoms with Crippen molar-refractivity contribution < 1.29 is 14.7 Å². The minimum atomic E-state index is -0.909. The predicted molar refractivity (Wildman–Crippen MR) is 104 cm³/mol. The molecular weight excluding hydrogens is 358 g/mol. The van der Waals surface area contributed by atoms with Gasteiger partial charge in [0.25, 0.3) is 5.91 Å². The fraction of sp³-hybridized carbons (Fsp3) is 0.300. The van der Waals surface area contributed by atoms with Gasteiger partial charge in [0, 0.05) is 6.20 Å². The van der Waals surface area contributed by atoms with Gasteiger partial charge in [-0.2, -0.15) is 10.2 Å².